The lowest BCUT2D eigenvalue weighted by molar-refractivity contribution is -0.138. The first-order valence-electron chi connectivity index (χ1n) is 10.1. The van der Waals surface area contributed by atoms with E-state index in [2.05, 4.69) is 0 Å². The van der Waals surface area contributed by atoms with Crippen LogP contribution in [0.25, 0.3) is 0 Å². The highest BCUT2D eigenvalue weighted by Gasteiger charge is 2.44. The second-order valence-corrected chi connectivity index (χ2v) is 9.81. The van der Waals surface area contributed by atoms with Gasteiger partial charge in [-0.3, -0.25) is 10.0 Å². The summed E-state index contributed by atoms with van der Waals surface area (Å²) in [6.07, 6.45) is -5.58. The number of hydrogen-bond acceptors (Lipinski definition) is 6. The van der Waals surface area contributed by atoms with Crippen molar-refractivity contribution in [1.29, 1.82) is 0 Å². The smallest absolute Gasteiger partial charge is 0.416 e. The first-order chi connectivity index (χ1) is 15.8. The molecule has 2 aromatic carbocycles. The minimum atomic E-state index is -4.71. The van der Waals surface area contributed by atoms with Crippen molar-refractivity contribution in [1.82, 2.24) is 9.79 Å². The number of carbonyl (C=O) groups excluding carboxylic acids is 1. The number of aliphatic hydroxyl groups excluding tert-OH is 1. The number of hydrogen-bond donors (Lipinski definition) is 3. The molecule has 186 valence electrons. The van der Waals surface area contributed by atoms with Crippen molar-refractivity contribution in [2.24, 2.45) is 5.92 Å². The van der Waals surface area contributed by atoms with Crippen LogP contribution >= 0.6 is 0 Å². The molecular weight excluding hydrogens is 484 g/mol. The molecule has 1 amide bonds. The Kier molecular flexibility index (Phi) is 7.50. The second kappa shape index (κ2) is 9.86. The van der Waals surface area contributed by atoms with Crippen molar-refractivity contribution in [3.8, 4) is 5.75 Å². The number of hydroxylamine groups is 1. The van der Waals surface area contributed by atoms with Gasteiger partial charge < -0.3 is 9.84 Å². The first-order valence-corrected chi connectivity index (χ1v) is 11.5. The van der Waals surface area contributed by atoms with Crippen molar-refractivity contribution >= 4 is 15.9 Å². The Morgan fingerprint density at radius 3 is 2.44 bits per heavy atom. The molecule has 34 heavy (non-hydrogen) atoms. The molecule has 0 spiro atoms. The Balaban J connectivity index is 1.81. The Morgan fingerprint density at radius 2 is 1.85 bits per heavy atom. The van der Waals surface area contributed by atoms with E-state index in [1.165, 1.54) is 17.6 Å². The number of aliphatic hydroxyl groups is 1. The fraction of sp³-hybridized carbons (Fsp3) is 0.381. The van der Waals surface area contributed by atoms with Gasteiger partial charge in [0.1, 0.15) is 24.2 Å². The Morgan fingerprint density at radius 1 is 1.21 bits per heavy atom. The summed E-state index contributed by atoms with van der Waals surface area (Å²) in [6, 6.07) is 5.39. The summed E-state index contributed by atoms with van der Waals surface area (Å²) in [4.78, 5) is 11.8. The van der Waals surface area contributed by atoms with Gasteiger partial charge in [0, 0.05) is 12.1 Å². The second-order valence-electron chi connectivity index (χ2n) is 7.92. The third-order valence-corrected chi connectivity index (χ3v) is 7.32. The largest absolute Gasteiger partial charge is 0.489 e. The number of β-amino-alcohol motifs (C(OH)–C–C–N with tert-alkyl or cyclic N) is 1. The van der Waals surface area contributed by atoms with Gasteiger partial charge in [0.25, 0.3) is 5.91 Å². The summed E-state index contributed by atoms with van der Waals surface area (Å²) in [7, 11) is -4.30. The van der Waals surface area contributed by atoms with Crippen LogP contribution in [0.2, 0.25) is 0 Å². The minimum absolute atomic E-state index is 0.0213. The van der Waals surface area contributed by atoms with E-state index in [0.29, 0.717) is 18.2 Å². The van der Waals surface area contributed by atoms with Crippen LogP contribution < -0.4 is 10.2 Å². The number of nitrogens with zero attached hydrogens (tertiary/aromatic N) is 1. The van der Waals surface area contributed by atoms with Crippen LogP contribution in [0.3, 0.4) is 0 Å². The van der Waals surface area contributed by atoms with Gasteiger partial charge >= 0.3 is 6.18 Å². The molecule has 3 N–H and O–H groups in total. The number of amides is 1. The van der Waals surface area contributed by atoms with Gasteiger partial charge in [-0.2, -0.15) is 17.5 Å². The molecule has 0 bridgehead atoms. The van der Waals surface area contributed by atoms with Crippen LogP contribution in [0, 0.1) is 11.7 Å². The third-order valence-electron chi connectivity index (χ3n) is 5.46. The van der Waals surface area contributed by atoms with E-state index >= 15 is 0 Å². The lowest BCUT2D eigenvalue weighted by Gasteiger charge is -2.39. The number of rotatable bonds is 6. The van der Waals surface area contributed by atoms with Gasteiger partial charge in [0.2, 0.25) is 10.0 Å². The van der Waals surface area contributed by atoms with Gasteiger partial charge in [-0.05, 0) is 54.8 Å². The van der Waals surface area contributed by atoms with Crippen LogP contribution in [0.15, 0.2) is 47.4 Å². The quantitative estimate of drug-likeness (QED) is 0.315. The monoisotopic (exact) mass is 506 g/mol. The van der Waals surface area contributed by atoms with Gasteiger partial charge in [0.15, 0.2) is 0 Å². The molecule has 8 nitrogen and oxygen atoms in total. The molecule has 1 aliphatic heterocycles. The number of halogens is 4. The standard InChI is InChI=1S/C21H22F4N2O6S/c1-12-8-15(28)10-27(19(12)20(29)26-30)34(31,32)17-5-3-16(4-6-17)33-11-13-9-14(22)2-7-18(13)21(23,24)25/h2-7,9,12,15,19,28,30H,8,10-11H2,1H3,(H,26,29). The van der Waals surface area contributed by atoms with Gasteiger partial charge in [-0.25, -0.2) is 18.3 Å². The maximum absolute atomic E-state index is 13.4. The highest BCUT2D eigenvalue weighted by Crippen LogP contribution is 2.33. The number of benzene rings is 2. The molecule has 1 aliphatic rings. The normalized spacial score (nSPS) is 21.8. The summed E-state index contributed by atoms with van der Waals surface area (Å²) in [5.41, 5.74) is -0.0480. The molecule has 1 saturated heterocycles. The van der Waals surface area contributed by atoms with E-state index in [9.17, 15) is 35.9 Å². The lowest BCUT2D eigenvalue weighted by atomic mass is 9.91. The Bertz CT molecular complexity index is 1140. The van der Waals surface area contributed by atoms with Crippen LogP contribution in [0.1, 0.15) is 24.5 Å². The summed E-state index contributed by atoms with van der Waals surface area (Å²) in [5, 5.41) is 19.0. The highest BCUT2D eigenvalue weighted by atomic mass is 32.2. The number of piperidine rings is 1. The molecule has 1 fully saturated rings. The van der Waals surface area contributed by atoms with E-state index in [1.54, 1.807) is 6.92 Å². The predicted molar refractivity (Wildman–Crippen MR) is 110 cm³/mol. The highest BCUT2D eigenvalue weighted by molar-refractivity contribution is 7.89. The number of alkyl halides is 3. The van der Waals surface area contributed by atoms with Crippen molar-refractivity contribution in [3.05, 3.63) is 59.4 Å². The van der Waals surface area contributed by atoms with Crippen molar-refractivity contribution < 1.29 is 45.8 Å². The fourth-order valence-corrected chi connectivity index (χ4v) is 5.62. The molecule has 1 heterocycles. The number of nitrogens with one attached hydrogen (secondary N) is 1. The third kappa shape index (κ3) is 5.49. The average Bonchev–Trinajstić information content (AvgIpc) is 2.76. The molecule has 3 atom stereocenters. The molecule has 3 rings (SSSR count). The topological polar surface area (TPSA) is 116 Å². The summed E-state index contributed by atoms with van der Waals surface area (Å²) in [5.74, 6) is -2.39. The number of carbonyl (C=O) groups is 1. The zero-order valence-corrected chi connectivity index (χ0v) is 18.6. The van der Waals surface area contributed by atoms with Gasteiger partial charge in [-0.1, -0.05) is 6.92 Å². The molecule has 3 unspecified atom stereocenters. The van der Waals surface area contributed by atoms with E-state index in [0.717, 1.165) is 16.4 Å². The van der Waals surface area contributed by atoms with Gasteiger partial charge in [-0.15, -0.1) is 0 Å². The zero-order valence-electron chi connectivity index (χ0n) is 17.8. The molecule has 0 aliphatic carbocycles. The molecule has 13 heteroatoms. The fourth-order valence-electron chi connectivity index (χ4n) is 3.90. The molecule has 0 aromatic heterocycles. The average molecular weight is 506 g/mol. The van der Waals surface area contributed by atoms with Crippen LogP contribution in [-0.4, -0.2) is 47.6 Å². The summed E-state index contributed by atoms with van der Waals surface area (Å²) < 4.78 is 85.2. The Labute approximate surface area is 192 Å². The predicted octanol–water partition coefficient (Wildman–Crippen LogP) is 2.69. The van der Waals surface area contributed by atoms with Crippen LogP contribution in [0.4, 0.5) is 17.6 Å². The van der Waals surface area contributed by atoms with Gasteiger partial charge in [0.05, 0.1) is 16.6 Å². The van der Waals surface area contributed by atoms with Crippen molar-refractivity contribution in [2.75, 3.05) is 6.54 Å². The maximum Gasteiger partial charge on any atom is 0.416 e. The molecule has 0 radical (unpaired) electrons. The lowest BCUT2D eigenvalue weighted by Crippen LogP contribution is -2.58. The number of sulfonamides is 1. The first kappa shape index (κ1) is 25.9. The van der Waals surface area contributed by atoms with E-state index < -0.39 is 63.7 Å². The van der Waals surface area contributed by atoms with E-state index in [4.69, 9.17) is 9.94 Å². The minimum Gasteiger partial charge on any atom is -0.489 e. The molecular formula is C21H22F4N2O6S. The number of ether oxygens (including phenoxy) is 1. The molecule has 0 saturated carbocycles. The summed E-state index contributed by atoms with van der Waals surface area (Å²) >= 11 is 0. The van der Waals surface area contributed by atoms with Crippen molar-refractivity contribution in [3.63, 3.8) is 0 Å². The SMILES string of the molecule is CC1CC(O)CN(S(=O)(=O)c2ccc(OCc3cc(F)ccc3C(F)(F)F)cc2)C1C(=O)NO. The maximum atomic E-state index is 13.4. The zero-order chi connectivity index (χ0) is 25.3. The summed E-state index contributed by atoms with van der Waals surface area (Å²) in [6.45, 7) is 0.569. The van der Waals surface area contributed by atoms with Crippen LogP contribution in [-0.2, 0) is 27.6 Å². The van der Waals surface area contributed by atoms with E-state index in [1.807, 2.05) is 0 Å². The Hall–Kier alpha value is -2.74. The van der Waals surface area contributed by atoms with Crippen LogP contribution in [0.5, 0.6) is 5.75 Å². The molecule has 2 aromatic rings. The van der Waals surface area contributed by atoms with E-state index in [-0.39, 0.29) is 23.6 Å². The van der Waals surface area contributed by atoms with Crippen molar-refractivity contribution in [2.45, 2.75) is 43.2 Å².